The van der Waals surface area contributed by atoms with Crippen molar-refractivity contribution in [3.05, 3.63) is 11.4 Å². The van der Waals surface area contributed by atoms with Crippen molar-refractivity contribution >= 4 is 11.6 Å². The highest BCUT2D eigenvalue weighted by atomic mass is 16.2. The van der Waals surface area contributed by atoms with Crippen LogP contribution < -0.4 is 5.73 Å². The smallest absolute Gasteiger partial charge is 0.276 e. The first kappa shape index (κ1) is 15.8. The van der Waals surface area contributed by atoms with Gasteiger partial charge in [-0.1, -0.05) is 27.7 Å². The van der Waals surface area contributed by atoms with Gasteiger partial charge in [0.1, 0.15) is 0 Å². The van der Waals surface area contributed by atoms with Crippen LogP contribution in [0.25, 0.3) is 0 Å². The Bertz CT molecular complexity index is 492. The summed E-state index contributed by atoms with van der Waals surface area (Å²) >= 11 is 0. The molecule has 1 saturated heterocycles. The zero-order valence-corrected chi connectivity index (χ0v) is 13.5. The number of nitrogens with one attached hydrogen (secondary N) is 1. The van der Waals surface area contributed by atoms with Gasteiger partial charge in [0, 0.05) is 19.1 Å². The topological polar surface area (TPSA) is 78.2 Å². The zero-order valence-electron chi connectivity index (χ0n) is 13.5. The molecular formula is C15H27N5O. The molecule has 0 saturated carbocycles. The maximum absolute atomic E-state index is 12.6. The summed E-state index contributed by atoms with van der Waals surface area (Å²) in [4.78, 5) is 16.9. The van der Waals surface area contributed by atoms with Gasteiger partial charge in [0.15, 0.2) is 5.69 Å². The van der Waals surface area contributed by atoms with Gasteiger partial charge in [0.25, 0.3) is 5.91 Å². The first-order valence-electron chi connectivity index (χ1n) is 7.86. The number of nitrogens with two attached hydrogens (primary N) is 1. The lowest BCUT2D eigenvalue weighted by atomic mass is 10.1. The highest BCUT2D eigenvalue weighted by Gasteiger charge is 2.32. The van der Waals surface area contributed by atoms with E-state index in [4.69, 9.17) is 5.73 Å². The molecule has 1 atom stereocenters. The van der Waals surface area contributed by atoms with Gasteiger partial charge >= 0.3 is 0 Å². The Hall–Kier alpha value is -1.56. The lowest BCUT2D eigenvalue weighted by molar-refractivity contribution is 0.0773. The van der Waals surface area contributed by atoms with Gasteiger partial charge in [-0.2, -0.15) is 5.10 Å². The molecule has 1 unspecified atom stereocenters. The molecule has 0 aliphatic carbocycles. The Labute approximate surface area is 126 Å². The largest absolute Gasteiger partial charge is 0.395 e. The van der Waals surface area contributed by atoms with Gasteiger partial charge in [-0.05, 0) is 25.4 Å². The van der Waals surface area contributed by atoms with Crippen LogP contribution in [0.5, 0.6) is 0 Å². The number of carbonyl (C=O) groups is 1. The molecule has 3 N–H and O–H groups in total. The summed E-state index contributed by atoms with van der Waals surface area (Å²) in [6.07, 6.45) is 1.02. The molecule has 0 spiro atoms. The van der Waals surface area contributed by atoms with Gasteiger partial charge in [0.05, 0.1) is 11.4 Å². The number of nitrogen functional groups attached to an aromatic ring is 1. The summed E-state index contributed by atoms with van der Waals surface area (Å²) in [5.74, 6) is 0.186. The van der Waals surface area contributed by atoms with Crippen LogP contribution in [-0.4, -0.2) is 58.1 Å². The van der Waals surface area contributed by atoms with Crippen molar-refractivity contribution < 1.29 is 4.79 Å². The zero-order chi connectivity index (χ0) is 15.6. The summed E-state index contributed by atoms with van der Waals surface area (Å²) < 4.78 is 0. The number of hydrogen-bond donors (Lipinski definition) is 2. The lowest BCUT2D eigenvalue weighted by Crippen LogP contribution is -2.38. The highest BCUT2D eigenvalue weighted by molar-refractivity contribution is 5.97. The van der Waals surface area contributed by atoms with Gasteiger partial charge < -0.3 is 10.6 Å². The number of nitrogens with zero attached hydrogens (tertiary/aromatic N) is 3. The Morgan fingerprint density at radius 2 is 2.14 bits per heavy atom. The first-order valence-corrected chi connectivity index (χ1v) is 7.86. The molecule has 6 nitrogen and oxygen atoms in total. The molecule has 1 aromatic heterocycles. The summed E-state index contributed by atoms with van der Waals surface area (Å²) in [6, 6.07) is 0.452. The Morgan fingerprint density at radius 1 is 1.48 bits per heavy atom. The van der Waals surface area contributed by atoms with Crippen molar-refractivity contribution in [3.8, 4) is 0 Å². The molecule has 118 valence electrons. The maximum atomic E-state index is 12.6. The van der Waals surface area contributed by atoms with Crippen LogP contribution in [0.3, 0.4) is 0 Å². The predicted molar refractivity (Wildman–Crippen MR) is 84.3 cm³/mol. The second-order valence-electron chi connectivity index (χ2n) is 5.97. The SMILES string of the molecule is CCN(CC)C1CCN(C(=O)c2n[nH]c(C(C)C)c2N)C1. The van der Waals surface area contributed by atoms with E-state index in [0.29, 0.717) is 17.4 Å². The van der Waals surface area contributed by atoms with Crippen molar-refractivity contribution in [2.45, 2.75) is 46.1 Å². The molecule has 0 radical (unpaired) electrons. The Morgan fingerprint density at radius 3 is 2.67 bits per heavy atom. The average Bonchev–Trinajstić information content (AvgIpc) is 3.06. The number of hydrogen-bond acceptors (Lipinski definition) is 4. The van der Waals surface area contributed by atoms with Crippen LogP contribution >= 0.6 is 0 Å². The van der Waals surface area contributed by atoms with E-state index in [1.807, 2.05) is 18.7 Å². The fraction of sp³-hybridized carbons (Fsp3) is 0.733. The summed E-state index contributed by atoms with van der Waals surface area (Å²) in [7, 11) is 0. The number of amides is 1. The van der Waals surface area contributed by atoms with Crippen LogP contribution in [0.15, 0.2) is 0 Å². The van der Waals surface area contributed by atoms with Gasteiger partial charge in [-0.25, -0.2) is 0 Å². The van der Waals surface area contributed by atoms with E-state index in [9.17, 15) is 4.79 Å². The minimum atomic E-state index is -0.0506. The van der Waals surface area contributed by atoms with Gasteiger partial charge in [-0.3, -0.25) is 14.8 Å². The lowest BCUT2D eigenvalue weighted by Gasteiger charge is -2.26. The second kappa shape index (κ2) is 6.47. The molecule has 2 rings (SSSR count). The van der Waals surface area contributed by atoms with Crippen LogP contribution in [-0.2, 0) is 0 Å². The summed E-state index contributed by atoms with van der Waals surface area (Å²) in [5.41, 5.74) is 7.79. The van der Waals surface area contributed by atoms with Crippen molar-refractivity contribution in [1.29, 1.82) is 0 Å². The van der Waals surface area contributed by atoms with Gasteiger partial charge in [0.2, 0.25) is 0 Å². The summed E-state index contributed by atoms with van der Waals surface area (Å²) in [6.45, 7) is 12.0. The van der Waals surface area contributed by atoms with Crippen molar-refractivity contribution in [1.82, 2.24) is 20.0 Å². The van der Waals surface area contributed by atoms with Crippen LogP contribution in [0.2, 0.25) is 0 Å². The number of rotatable bonds is 5. The van der Waals surface area contributed by atoms with E-state index in [1.165, 1.54) is 0 Å². The molecule has 0 bridgehead atoms. The third-order valence-electron chi connectivity index (χ3n) is 4.39. The number of aromatic amines is 1. The molecule has 1 amide bonds. The summed E-state index contributed by atoms with van der Waals surface area (Å²) in [5, 5.41) is 7.04. The number of likely N-dealkylation sites (tertiary alicyclic amines) is 1. The fourth-order valence-electron chi connectivity index (χ4n) is 3.08. The monoisotopic (exact) mass is 293 g/mol. The molecular weight excluding hydrogens is 266 g/mol. The molecule has 1 aliphatic rings. The van der Waals surface area contributed by atoms with E-state index in [0.717, 1.165) is 38.3 Å². The fourth-order valence-corrected chi connectivity index (χ4v) is 3.08. The predicted octanol–water partition coefficient (Wildman–Crippen LogP) is 1.67. The average molecular weight is 293 g/mol. The molecule has 2 heterocycles. The quantitative estimate of drug-likeness (QED) is 0.865. The molecule has 21 heavy (non-hydrogen) atoms. The number of anilines is 1. The standard InChI is InChI=1S/C15H27N5O/c1-5-19(6-2)11-7-8-20(9-11)15(21)14-12(16)13(10(3)4)17-18-14/h10-11H,5-9,16H2,1-4H3,(H,17,18). The number of carbonyl (C=O) groups excluding carboxylic acids is 1. The molecule has 1 fully saturated rings. The minimum absolute atomic E-state index is 0.0506. The Balaban J connectivity index is 2.08. The molecule has 6 heteroatoms. The number of H-pyrrole nitrogens is 1. The van der Waals surface area contributed by atoms with E-state index >= 15 is 0 Å². The second-order valence-corrected chi connectivity index (χ2v) is 5.97. The van der Waals surface area contributed by atoms with E-state index in [2.05, 4.69) is 28.9 Å². The van der Waals surface area contributed by atoms with E-state index < -0.39 is 0 Å². The van der Waals surface area contributed by atoms with Gasteiger partial charge in [-0.15, -0.1) is 0 Å². The third kappa shape index (κ3) is 3.05. The minimum Gasteiger partial charge on any atom is -0.395 e. The third-order valence-corrected chi connectivity index (χ3v) is 4.39. The first-order chi connectivity index (χ1) is 9.99. The Kier molecular flexibility index (Phi) is 4.88. The van der Waals surface area contributed by atoms with E-state index in [-0.39, 0.29) is 11.8 Å². The molecule has 0 aromatic carbocycles. The van der Waals surface area contributed by atoms with Crippen molar-refractivity contribution in [2.24, 2.45) is 0 Å². The molecule has 1 aromatic rings. The normalized spacial score (nSPS) is 19.0. The highest BCUT2D eigenvalue weighted by Crippen LogP contribution is 2.25. The van der Waals surface area contributed by atoms with Crippen molar-refractivity contribution in [3.63, 3.8) is 0 Å². The van der Waals surface area contributed by atoms with Crippen LogP contribution in [0, 0.1) is 0 Å². The number of likely N-dealkylation sites (N-methyl/N-ethyl adjacent to an activating group) is 1. The molecule has 1 aliphatic heterocycles. The van der Waals surface area contributed by atoms with E-state index in [1.54, 1.807) is 0 Å². The van der Waals surface area contributed by atoms with Crippen molar-refractivity contribution in [2.75, 3.05) is 31.9 Å². The number of aromatic nitrogens is 2. The van der Waals surface area contributed by atoms with Crippen LogP contribution in [0.4, 0.5) is 5.69 Å². The van der Waals surface area contributed by atoms with Crippen LogP contribution in [0.1, 0.15) is 56.2 Å². The maximum Gasteiger partial charge on any atom is 0.276 e.